The number of rotatable bonds is 2. The molecule has 1 amide bonds. The summed E-state index contributed by atoms with van der Waals surface area (Å²) in [7, 11) is 0. The molecule has 2 aromatic rings. The summed E-state index contributed by atoms with van der Waals surface area (Å²) < 4.78 is 0. The van der Waals surface area contributed by atoms with Gasteiger partial charge in [-0.25, -0.2) is 0 Å². The van der Waals surface area contributed by atoms with Crippen LogP contribution >= 0.6 is 0 Å². The van der Waals surface area contributed by atoms with Crippen LogP contribution in [-0.2, 0) is 0 Å². The van der Waals surface area contributed by atoms with Gasteiger partial charge in [-0.15, -0.1) is 6.42 Å². The summed E-state index contributed by atoms with van der Waals surface area (Å²) in [6, 6.07) is 7.80. The maximum atomic E-state index is 12.6. The van der Waals surface area contributed by atoms with Crippen molar-refractivity contribution in [2.45, 2.75) is 25.3 Å². The molecule has 3 saturated heterocycles. The van der Waals surface area contributed by atoms with Gasteiger partial charge in [-0.2, -0.15) is 0 Å². The maximum absolute atomic E-state index is 12.6. The van der Waals surface area contributed by atoms with Crippen LogP contribution < -0.4 is 5.32 Å². The van der Waals surface area contributed by atoms with Crippen molar-refractivity contribution in [3.63, 3.8) is 0 Å². The lowest BCUT2D eigenvalue weighted by molar-refractivity contribution is 0.0924. The Bertz CT molecular complexity index is 801. The van der Waals surface area contributed by atoms with E-state index in [2.05, 4.69) is 21.1 Å². The van der Waals surface area contributed by atoms with Crippen LogP contribution in [0.15, 0.2) is 30.5 Å². The van der Waals surface area contributed by atoms with E-state index in [9.17, 15) is 4.79 Å². The number of piperidine rings is 1. The van der Waals surface area contributed by atoms with Gasteiger partial charge in [0.1, 0.15) is 5.69 Å². The number of carbonyl (C=O) groups is 1. The van der Waals surface area contributed by atoms with Crippen LogP contribution in [0.4, 0.5) is 0 Å². The third kappa shape index (κ3) is 3.00. The minimum atomic E-state index is -0.0875. The van der Waals surface area contributed by atoms with Crippen molar-refractivity contribution >= 4 is 16.7 Å². The molecule has 1 N–H and O–H groups in total. The molecule has 0 aliphatic carbocycles. The molecule has 3 fully saturated rings. The van der Waals surface area contributed by atoms with Gasteiger partial charge in [0.05, 0.1) is 0 Å². The zero-order chi connectivity index (χ0) is 16.5. The zero-order valence-corrected chi connectivity index (χ0v) is 13.7. The van der Waals surface area contributed by atoms with E-state index in [4.69, 9.17) is 6.42 Å². The molecule has 0 spiro atoms. The Hall–Kier alpha value is -2.38. The highest BCUT2D eigenvalue weighted by atomic mass is 16.1. The standard InChI is InChI=1S/C20H21N3O/c1-2-14-3-4-16-12-21-19(11-17(16)9-14)20(24)22-18-10-15-5-7-23(13-18)8-6-15/h1,3-4,9,11-12,15,18H,5-8,10,13H2,(H,22,24)/t18-/m1/s1. The largest absolute Gasteiger partial charge is 0.347 e. The third-order valence-corrected chi connectivity index (χ3v) is 5.26. The Kier molecular flexibility index (Phi) is 3.95. The monoisotopic (exact) mass is 319 g/mol. The zero-order valence-electron chi connectivity index (χ0n) is 13.7. The van der Waals surface area contributed by atoms with E-state index in [1.165, 1.54) is 25.9 Å². The molecule has 5 rings (SSSR count). The number of nitrogens with one attached hydrogen (secondary N) is 1. The topological polar surface area (TPSA) is 45.2 Å². The van der Waals surface area contributed by atoms with Crippen molar-refractivity contribution in [3.05, 3.63) is 41.7 Å². The van der Waals surface area contributed by atoms with Crippen molar-refractivity contribution in [1.82, 2.24) is 15.2 Å². The van der Waals surface area contributed by atoms with E-state index in [0.717, 1.165) is 35.2 Å². The molecule has 1 aromatic heterocycles. The molecule has 0 radical (unpaired) electrons. The Morgan fingerprint density at radius 3 is 2.88 bits per heavy atom. The first kappa shape index (κ1) is 15.2. The summed E-state index contributed by atoms with van der Waals surface area (Å²) in [5, 5.41) is 5.13. The molecule has 24 heavy (non-hydrogen) atoms. The van der Waals surface area contributed by atoms with Gasteiger partial charge in [0.2, 0.25) is 0 Å². The van der Waals surface area contributed by atoms with E-state index < -0.39 is 0 Å². The van der Waals surface area contributed by atoms with Crippen molar-refractivity contribution < 1.29 is 4.79 Å². The predicted molar refractivity (Wildman–Crippen MR) is 94.7 cm³/mol. The van der Waals surface area contributed by atoms with Crippen LogP contribution in [0.3, 0.4) is 0 Å². The summed E-state index contributed by atoms with van der Waals surface area (Å²) in [5.74, 6) is 3.29. The van der Waals surface area contributed by atoms with Crippen LogP contribution in [-0.4, -0.2) is 41.5 Å². The molecule has 1 aromatic carbocycles. The number of fused-ring (bicyclic) bond motifs is 5. The molecule has 2 bridgehead atoms. The van der Waals surface area contributed by atoms with E-state index >= 15 is 0 Å². The first-order chi connectivity index (χ1) is 11.7. The Morgan fingerprint density at radius 1 is 1.25 bits per heavy atom. The van der Waals surface area contributed by atoms with Crippen LogP contribution in [0.1, 0.15) is 35.3 Å². The minimum Gasteiger partial charge on any atom is -0.347 e. The summed E-state index contributed by atoms with van der Waals surface area (Å²) in [4.78, 5) is 19.4. The molecular formula is C20H21N3O. The first-order valence-corrected chi connectivity index (χ1v) is 8.61. The van der Waals surface area contributed by atoms with Crippen LogP contribution in [0, 0.1) is 18.3 Å². The molecule has 1 atom stereocenters. The van der Waals surface area contributed by atoms with Gasteiger partial charge in [0.15, 0.2) is 0 Å². The number of carbonyl (C=O) groups excluding carboxylic acids is 1. The van der Waals surface area contributed by atoms with Crippen molar-refractivity contribution in [2.24, 2.45) is 5.92 Å². The fourth-order valence-corrected chi connectivity index (χ4v) is 3.91. The number of aromatic nitrogens is 1. The second kappa shape index (κ2) is 6.26. The van der Waals surface area contributed by atoms with Crippen molar-refractivity contribution in [2.75, 3.05) is 19.6 Å². The smallest absolute Gasteiger partial charge is 0.270 e. The normalized spacial score (nSPS) is 25.9. The van der Waals surface area contributed by atoms with E-state index in [0.29, 0.717) is 5.69 Å². The minimum absolute atomic E-state index is 0.0875. The van der Waals surface area contributed by atoms with E-state index in [-0.39, 0.29) is 11.9 Å². The van der Waals surface area contributed by atoms with Gasteiger partial charge in [-0.3, -0.25) is 9.78 Å². The van der Waals surface area contributed by atoms with Crippen LogP contribution in [0.25, 0.3) is 10.8 Å². The average Bonchev–Trinajstić information content (AvgIpc) is 2.93. The van der Waals surface area contributed by atoms with Gasteiger partial charge < -0.3 is 10.2 Å². The van der Waals surface area contributed by atoms with Gasteiger partial charge in [-0.05, 0) is 61.9 Å². The summed E-state index contributed by atoms with van der Waals surface area (Å²) in [6.07, 6.45) is 10.8. The maximum Gasteiger partial charge on any atom is 0.270 e. The lowest BCUT2D eigenvalue weighted by atomic mass is 9.94. The van der Waals surface area contributed by atoms with E-state index in [1.54, 1.807) is 6.20 Å². The van der Waals surface area contributed by atoms with Gasteiger partial charge in [0, 0.05) is 29.7 Å². The Balaban J connectivity index is 1.53. The number of nitrogens with zero attached hydrogens (tertiary/aromatic N) is 2. The number of amides is 1. The number of hydrogen-bond acceptors (Lipinski definition) is 3. The van der Waals surface area contributed by atoms with E-state index in [1.807, 2.05) is 24.3 Å². The second-order valence-electron chi connectivity index (χ2n) is 6.93. The molecule has 4 heteroatoms. The van der Waals surface area contributed by atoms with Crippen molar-refractivity contribution in [3.8, 4) is 12.3 Å². The highest BCUT2D eigenvalue weighted by Gasteiger charge is 2.30. The lowest BCUT2D eigenvalue weighted by Gasteiger charge is -2.26. The molecule has 0 saturated carbocycles. The number of hydrogen-bond donors (Lipinski definition) is 1. The van der Waals surface area contributed by atoms with Crippen LogP contribution in [0.2, 0.25) is 0 Å². The van der Waals surface area contributed by atoms with Gasteiger partial charge in [0.25, 0.3) is 5.91 Å². The quantitative estimate of drug-likeness (QED) is 0.865. The third-order valence-electron chi connectivity index (χ3n) is 5.26. The number of benzene rings is 1. The molecule has 3 aliphatic rings. The van der Waals surface area contributed by atoms with Crippen molar-refractivity contribution in [1.29, 1.82) is 0 Å². The number of pyridine rings is 1. The first-order valence-electron chi connectivity index (χ1n) is 8.61. The SMILES string of the molecule is C#Cc1ccc2cnc(C(=O)N[C@@H]3CC4CCN(CC4)C3)cc2c1. The summed E-state index contributed by atoms with van der Waals surface area (Å²) in [5.41, 5.74) is 1.27. The molecule has 0 unspecified atom stereocenters. The highest BCUT2D eigenvalue weighted by molar-refractivity contribution is 5.96. The Labute approximate surface area is 142 Å². The Morgan fingerprint density at radius 2 is 2.08 bits per heavy atom. The highest BCUT2D eigenvalue weighted by Crippen LogP contribution is 2.26. The molecule has 4 nitrogen and oxygen atoms in total. The number of terminal acetylenes is 1. The van der Waals surface area contributed by atoms with Crippen LogP contribution in [0.5, 0.6) is 0 Å². The fraction of sp³-hybridized carbons (Fsp3) is 0.400. The van der Waals surface area contributed by atoms with Gasteiger partial charge >= 0.3 is 0 Å². The lowest BCUT2D eigenvalue weighted by Crippen LogP contribution is -2.42. The molecule has 4 heterocycles. The fourth-order valence-electron chi connectivity index (χ4n) is 3.91. The second-order valence-corrected chi connectivity index (χ2v) is 6.93. The molecule has 3 aliphatic heterocycles. The molecular weight excluding hydrogens is 298 g/mol. The average molecular weight is 319 g/mol. The predicted octanol–water partition coefficient (Wildman–Crippen LogP) is 2.43. The summed E-state index contributed by atoms with van der Waals surface area (Å²) >= 11 is 0. The summed E-state index contributed by atoms with van der Waals surface area (Å²) in [6.45, 7) is 3.29. The van der Waals surface area contributed by atoms with Gasteiger partial charge in [-0.1, -0.05) is 12.0 Å². The molecule has 122 valence electrons.